The Hall–Kier alpha value is -2.00. The second-order valence-corrected chi connectivity index (χ2v) is 7.69. The predicted molar refractivity (Wildman–Crippen MR) is 90.0 cm³/mol. The second-order valence-electron chi connectivity index (χ2n) is 5.76. The van der Waals surface area contributed by atoms with Gasteiger partial charge in [0.05, 0.1) is 17.0 Å². The van der Waals surface area contributed by atoms with Gasteiger partial charge in [0.25, 0.3) is 5.91 Å². The minimum absolute atomic E-state index is 0.156. The number of nitrogens with one attached hydrogen (secondary N) is 2. The Morgan fingerprint density at radius 3 is 2.44 bits per heavy atom. The lowest BCUT2D eigenvalue weighted by molar-refractivity contribution is -0.120. The fourth-order valence-corrected chi connectivity index (χ4v) is 3.80. The van der Waals surface area contributed by atoms with E-state index in [2.05, 4.69) is 10.6 Å². The van der Waals surface area contributed by atoms with Crippen LogP contribution in [0.4, 0.5) is 4.39 Å². The first kappa shape index (κ1) is 19.3. The van der Waals surface area contributed by atoms with E-state index in [0.717, 1.165) is 31.0 Å². The van der Waals surface area contributed by atoms with Crippen molar-refractivity contribution < 1.29 is 22.4 Å². The average Bonchev–Trinajstić information content (AvgIpc) is 3.37. The number of carbonyl (C=O) groups is 2. The van der Waals surface area contributed by atoms with Crippen LogP contribution in [0.2, 0.25) is 0 Å². The van der Waals surface area contributed by atoms with E-state index in [1.807, 2.05) is 0 Å². The highest BCUT2D eigenvalue weighted by Crippen LogP contribution is 2.20. The minimum atomic E-state index is -3.81. The average molecular weight is 371 g/mol. The number of amides is 2. The highest BCUT2D eigenvalue weighted by atomic mass is 32.2. The summed E-state index contributed by atoms with van der Waals surface area (Å²) in [5, 5.41) is 5.00. The van der Waals surface area contributed by atoms with Gasteiger partial charge in [-0.3, -0.25) is 9.59 Å². The highest BCUT2D eigenvalue weighted by molar-refractivity contribution is 7.89. The summed E-state index contributed by atoms with van der Waals surface area (Å²) in [6.07, 6.45) is 1.83. The Bertz CT molecular complexity index is 759. The molecule has 1 aromatic rings. The van der Waals surface area contributed by atoms with Gasteiger partial charge in [-0.15, -0.1) is 0 Å². The molecule has 0 heterocycles. The summed E-state index contributed by atoms with van der Waals surface area (Å²) in [6.45, 7) is 3.62. The molecule has 2 rings (SSSR count). The van der Waals surface area contributed by atoms with Crippen LogP contribution in [0.5, 0.6) is 0 Å². The zero-order valence-corrected chi connectivity index (χ0v) is 15.0. The summed E-state index contributed by atoms with van der Waals surface area (Å²) in [7, 11) is -3.81. The summed E-state index contributed by atoms with van der Waals surface area (Å²) in [5.74, 6) is -2.04. The van der Waals surface area contributed by atoms with Gasteiger partial charge in [0.2, 0.25) is 15.9 Å². The van der Waals surface area contributed by atoms with E-state index in [1.54, 1.807) is 13.8 Å². The van der Waals surface area contributed by atoms with E-state index in [-0.39, 0.29) is 36.5 Å². The quantitative estimate of drug-likeness (QED) is 0.709. The second kappa shape index (κ2) is 7.92. The van der Waals surface area contributed by atoms with Crippen molar-refractivity contribution >= 4 is 21.8 Å². The van der Waals surface area contributed by atoms with Crippen LogP contribution in [-0.4, -0.2) is 50.2 Å². The molecule has 0 radical (unpaired) electrons. The van der Waals surface area contributed by atoms with Crippen molar-refractivity contribution in [2.45, 2.75) is 37.6 Å². The molecule has 0 bridgehead atoms. The van der Waals surface area contributed by atoms with Gasteiger partial charge < -0.3 is 10.6 Å². The molecule has 2 N–H and O–H groups in total. The van der Waals surface area contributed by atoms with Crippen molar-refractivity contribution in [3.63, 3.8) is 0 Å². The van der Waals surface area contributed by atoms with Crippen LogP contribution in [0, 0.1) is 5.82 Å². The first-order valence-electron chi connectivity index (χ1n) is 8.16. The van der Waals surface area contributed by atoms with Gasteiger partial charge in [0.15, 0.2) is 0 Å². The molecule has 0 spiro atoms. The number of nitrogens with zero attached hydrogens (tertiary/aromatic N) is 1. The van der Waals surface area contributed by atoms with E-state index in [1.165, 1.54) is 4.31 Å². The molecule has 0 aliphatic heterocycles. The van der Waals surface area contributed by atoms with Gasteiger partial charge in [-0.1, -0.05) is 13.8 Å². The smallest absolute Gasteiger partial charge is 0.254 e. The fourth-order valence-electron chi connectivity index (χ4n) is 2.31. The van der Waals surface area contributed by atoms with Gasteiger partial charge in [-0.05, 0) is 31.0 Å². The van der Waals surface area contributed by atoms with Crippen LogP contribution in [0.15, 0.2) is 23.1 Å². The molecule has 1 fully saturated rings. The molecule has 7 nitrogen and oxygen atoms in total. The maximum Gasteiger partial charge on any atom is 0.254 e. The van der Waals surface area contributed by atoms with E-state index >= 15 is 0 Å². The maximum absolute atomic E-state index is 13.9. The predicted octanol–water partition coefficient (Wildman–Crippen LogP) is 0.865. The van der Waals surface area contributed by atoms with Gasteiger partial charge in [-0.2, -0.15) is 4.31 Å². The third-order valence-electron chi connectivity index (χ3n) is 3.88. The van der Waals surface area contributed by atoms with Crippen molar-refractivity contribution in [2.75, 3.05) is 19.6 Å². The van der Waals surface area contributed by atoms with Crippen LogP contribution in [-0.2, 0) is 14.8 Å². The summed E-state index contributed by atoms with van der Waals surface area (Å²) in [4.78, 5) is 23.5. The Morgan fingerprint density at radius 2 is 1.88 bits per heavy atom. The number of sulfonamides is 1. The first-order valence-corrected chi connectivity index (χ1v) is 9.60. The summed E-state index contributed by atoms with van der Waals surface area (Å²) in [6, 6.07) is 3.22. The normalized spacial score (nSPS) is 14.4. The number of benzene rings is 1. The van der Waals surface area contributed by atoms with Crippen molar-refractivity contribution in [2.24, 2.45) is 0 Å². The lowest BCUT2D eigenvalue weighted by atomic mass is 10.2. The molecule has 1 aromatic carbocycles. The molecule has 0 aromatic heterocycles. The molecule has 9 heteroatoms. The number of hydrogen-bond acceptors (Lipinski definition) is 4. The standard InChI is InChI=1S/C16H22FN3O4S/c1-3-20(4-2)25(23,24)12-7-8-14(17)13(9-12)16(22)18-10-15(21)19-11-5-6-11/h7-9,11H,3-6,10H2,1-2H3,(H,18,22)(H,19,21). The monoisotopic (exact) mass is 371 g/mol. The third kappa shape index (κ3) is 4.76. The van der Waals surface area contributed by atoms with Crippen LogP contribution in [0.25, 0.3) is 0 Å². The zero-order chi connectivity index (χ0) is 18.6. The van der Waals surface area contributed by atoms with Gasteiger partial charge in [0.1, 0.15) is 5.82 Å². The van der Waals surface area contributed by atoms with Gasteiger partial charge >= 0.3 is 0 Å². The van der Waals surface area contributed by atoms with Gasteiger partial charge in [0, 0.05) is 19.1 Å². The Balaban J connectivity index is 2.14. The minimum Gasteiger partial charge on any atom is -0.352 e. The van der Waals surface area contributed by atoms with Crippen molar-refractivity contribution in [3.05, 3.63) is 29.6 Å². The van der Waals surface area contributed by atoms with Crippen LogP contribution in [0.3, 0.4) is 0 Å². The molecular formula is C16H22FN3O4S. The molecule has 1 aliphatic rings. The number of hydrogen-bond donors (Lipinski definition) is 2. The van der Waals surface area contributed by atoms with Crippen LogP contribution in [0.1, 0.15) is 37.0 Å². The zero-order valence-electron chi connectivity index (χ0n) is 14.2. The molecule has 138 valence electrons. The highest BCUT2D eigenvalue weighted by Gasteiger charge is 2.25. The van der Waals surface area contributed by atoms with Crippen LogP contribution >= 0.6 is 0 Å². The van der Waals surface area contributed by atoms with E-state index in [9.17, 15) is 22.4 Å². The van der Waals surface area contributed by atoms with E-state index in [4.69, 9.17) is 0 Å². The summed E-state index contributed by atoms with van der Waals surface area (Å²) >= 11 is 0. The van der Waals surface area contributed by atoms with E-state index in [0.29, 0.717) is 0 Å². The van der Waals surface area contributed by atoms with Crippen molar-refractivity contribution in [3.8, 4) is 0 Å². The molecule has 0 unspecified atom stereocenters. The van der Waals surface area contributed by atoms with Gasteiger partial charge in [-0.25, -0.2) is 12.8 Å². The number of halogens is 1. The SMILES string of the molecule is CCN(CC)S(=O)(=O)c1ccc(F)c(C(=O)NCC(=O)NC2CC2)c1. The molecular weight excluding hydrogens is 349 g/mol. The Labute approximate surface area is 146 Å². The van der Waals surface area contributed by atoms with E-state index < -0.39 is 27.3 Å². The number of carbonyl (C=O) groups excluding carboxylic acids is 2. The maximum atomic E-state index is 13.9. The topological polar surface area (TPSA) is 95.6 Å². The third-order valence-corrected chi connectivity index (χ3v) is 5.92. The lowest BCUT2D eigenvalue weighted by Crippen LogP contribution is -2.38. The molecule has 25 heavy (non-hydrogen) atoms. The Morgan fingerprint density at radius 1 is 1.24 bits per heavy atom. The molecule has 0 saturated heterocycles. The fraction of sp³-hybridized carbons (Fsp3) is 0.500. The van der Waals surface area contributed by atoms with Crippen molar-refractivity contribution in [1.82, 2.24) is 14.9 Å². The first-order chi connectivity index (χ1) is 11.8. The summed E-state index contributed by atoms with van der Waals surface area (Å²) < 4.78 is 40.1. The summed E-state index contributed by atoms with van der Waals surface area (Å²) in [5.41, 5.74) is -0.410. The van der Waals surface area contributed by atoms with Crippen molar-refractivity contribution in [1.29, 1.82) is 0 Å². The largest absolute Gasteiger partial charge is 0.352 e. The molecule has 0 atom stereocenters. The van der Waals surface area contributed by atoms with Crippen LogP contribution < -0.4 is 10.6 Å². The Kier molecular flexibility index (Phi) is 6.12. The lowest BCUT2D eigenvalue weighted by Gasteiger charge is -2.18. The number of rotatable bonds is 8. The molecule has 1 saturated carbocycles. The molecule has 1 aliphatic carbocycles. The molecule has 2 amide bonds.